The second-order valence-corrected chi connectivity index (χ2v) is 5.46. The van der Waals surface area contributed by atoms with Crippen molar-refractivity contribution in [2.24, 2.45) is 0 Å². The third-order valence-corrected chi connectivity index (χ3v) is 3.38. The molecule has 2 rings (SSSR count). The van der Waals surface area contributed by atoms with Crippen molar-refractivity contribution in [3.8, 4) is 0 Å². The average molecular weight is 360 g/mol. The van der Waals surface area contributed by atoms with Gasteiger partial charge in [0, 0.05) is 30.8 Å². The SMILES string of the molecule is CC(=O)Nc1cc(NC(=O)C=Cc2cccc([N+](=O)[O-])c2)ccc1Cl. The summed E-state index contributed by atoms with van der Waals surface area (Å²) in [6.07, 6.45) is 2.72. The third-order valence-electron chi connectivity index (χ3n) is 3.05. The second-order valence-electron chi connectivity index (χ2n) is 5.05. The summed E-state index contributed by atoms with van der Waals surface area (Å²) in [5, 5.41) is 16.3. The molecule has 2 N–H and O–H groups in total. The molecule has 0 heterocycles. The van der Waals surface area contributed by atoms with E-state index in [2.05, 4.69) is 10.6 Å². The van der Waals surface area contributed by atoms with Crippen LogP contribution in [0.3, 0.4) is 0 Å². The number of carbonyl (C=O) groups is 2. The molecular formula is C17H14ClN3O4. The zero-order valence-corrected chi connectivity index (χ0v) is 13.9. The van der Waals surface area contributed by atoms with Gasteiger partial charge in [0.1, 0.15) is 0 Å². The second kappa shape index (κ2) is 8.07. The zero-order chi connectivity index (χ0) is 18.4. The van der Waals surface area contributed by atoms with Crippen LogP contribution < -0.4 is 10.6 Å². The number of nitrogens with one attached hydrogen (secondary N) is 2. The highest BCUT2D eigenvalue weighted by Crippen LogP contribution is 2.25. The number of carbonyl (C=O) groups excluding carboxylic acids is 2. The molecule has 0 bridgehead atoms. The molecule has 0 fully saturated rings. The van der Waals surface area contributed by atoms with Gasteiger partial charge in [0.2, 0.25) is 11.8 Å². The first-order valence-corrected chi connectivity index (χ1v) is 7.53. The number of non-ortho nitro benzene ring substituents is 1. The van der Waals surface area contributed by atoms with Gasteiger partial charge in [-0.2, -0.15) is 0 Å². The summed E-state index contributed by atoms with van der Waals surface area (Å²) in [7, 11) is 0. The number of nitro benzene ring substituents is 1. The first-order chi connectivity index (χ1) is 11.8. The molecule has 2 amide bonds. The van der Waals surface area contributed by atoms with Crippen molar-refractivity contribution in [1.82, 2.24) is 0 Å². The number of amides is 2. The number of anilines is 2. The lowest BCUT2D eigenvalue weighted by Crippen LogP contribution is -2.10. The van der Waals surface area contributed by atoms with Gasteiger partial charge in [-0.1, -0.05) is 23.7 Å². The maximum Gasteiger partial charge on any atom is 0.270 e. The van der Waals surface area contributed by atoms with Crippen molar-refractivity contribution in [3.05, 3.63) is 69.2 Å². The molecule has 0 radical (unpaired) electrons. The lowest BCUT2D eigenvalue weighted by Gasteiger charge is -2.08. The molecule has 0 aromatic heterocycles. The van der Waals surface area contributed by atoms with Gasteiger partial charge < -0.3 is 10.6 Å². The van der Waals surface area contributed by atoms with E-state index < -0.39 is 10.8 Å². The minimum absolute atomic E-state index is 0.0554. The van der Waals surface area contributed by atoms with Crippen LogP contribution in [0.25, 0.3) is 6.08 Å². The summed E-state index contributed by atoms with van der Waals surface area (Å²) < 4.78 is 0. The highest BCUT2D eigenvalue weighted by atomic mass is 35.5. The van der Waals surface area contributed by atoms with Gasteiger partial charge in [-0.3, -0.25) is 19.7 Å². The molecule has 0 aliphatic rings. The molecule has 128 valence electrons. The Labute approximate surface area is 148 Å². The summed E-state index contributed by atoms with van der Waals surface area (Å²) in [5.41, 5.74) is 1.30. The Morgan fingerprint density at radius 2 is 1.92 bits per heavy atom. The largest absolute Gasteiger partial charge is 0.325 e. The lowest BCUT2D eigenvalue weighted by atomic mass is 10.2. The third kappa shape index (κ3) is 5.43. The van der Waals surface area contributed by atoms with E-state index in [1.165, 1.54) is 43.3 Å². The molecule has 0 atom stereocenters. The van der Waals surface area contributed by atoms with Gasteiger partial charge in [-0.05, 0) is 29.8 Å². The molecule has 0 aliphatic carbocycles. The van der Waals surface area contributed by atoms with Crippen molar-refractivity contribution in [3.63, 3.8) is 0 Å². The standard InChI is InChI=1S/C17H14ClN3O4/c1-11(22)19-16-10-13(6-7-15(16)18)20-17(23)8-5-12-3-2-4-14(9-12)21(24)25/h2-10H,1H3,(H,19,22)(H,20,23). The molecule has 7 nitrogen and oxygen atoms in total. The molecule has 25 heavy (non-hydrogen) atoms. The van der Waals surface area contributed by atoms with E-state index in [1.54, 1.807) is 18.2 Å². The van der Waals surface area contributed by atoms with Gasteiger partial charge in [0.05, 0.1) is 15.6 Å². The number of rotatable bonds is 5. The molecule has 0 spiro atoms. The predicted octanol–water partition coefficient (Wildman–Crippen LogP) is 3.86. The molecule has 2 aromatic rings. The van der Waals surface area contributed by atoms with Gasteiger partial charge in [0.25, 0.3) is 5.69 Å². The van der Waals surface area contributed by atoms with Gasteiger partial charge in [-0.25, -0.2) is 0 Å². The van der Waals surface area contributed by atoms with Gasteiger partial charge >= 0.3 is 0 Å². The van der Waals surface area contributed by atoms with Crippen LogP contribution in [0, 0.1) is 10.1 Å². The summed E-state index contributed by atoms with van der Waals surface area (Å²) in [5.74, 6) is -0.710. The number of hydrogen-bond donors (Lipinski definition) is 2. The van der Waals surface area contributed by atoms with E-state index in [-0.39, 0.29) is 11.6 Å². The highest BCUT2D eigenvalue weighted by molar-refractivity contribution is 6.33. The van der Waals surface area contributed by atoms with Crippen LogP contribution in [0.2, 0.25) is 5.02 Å². The van der Waals surface area contributed by atoms with Crippen LogP contribution in [0.15, 0.2) is 48.5 Å². The fourth-order valence-corrected chi connectivity index (χ4v) is 2.15. The maximum absolute atomic E-state index is 12.0. The van der Waals surface area contributed by atoms with Crippen molar-refractivity contribution < 1.29 is 14.5 Å². The van der Waals surface area contributed by atoms with Gasteiger partial charge in [-0.15, -0.1) is 0 Å². The van der Waals surface area contributed by atoms with Crippen LogP contribution in [-0.2, 0) is 9.59 Å². The topological polar surface area (TPSA) is 101 Å². The predicted molar refractivity (Wildman–Crippen MR) is 96.5 cm³/mol. The number of halogens is 1. The van der Waals surface area contributed by atoms with E-state index in [9.17, 15) is 19.7 Å². The van der Waals surface area contributed by atoms with E-state index in [4.69, 9.17) is 11.6 Å². The average Bonchev–Trinajstić information content (AvgIpc) is 2.56. The monoisotopic (exact) mass is 359 g/mol. The quantitative estimate of drug-likeness (QED) is 0.480. The Kier molecular flexibility index (Phi) is 5.86. The van der Waals surface area contributed by atoms with Crippen LogP contribution in [0.1, 0.15) is 12.5 Å². The van der Waals surface area contributed by atoms with Crippen LogP contribution >= 0.6 is 11.6 Å². The van der Waals surface area contributed by atoms with Crippen LogP contribution in [0.4, 0.5) is 17.1 Å². The Hall–Kier alpha value is -3.19. The molecule has 0 saturated carbocycles. The maximum atomic E-state index is 12.0. The summed E-state index contributed by atoms with van der Waals surface area (Å²) in [6.45, 7) is 1.35. The Morgan fingerprint density at radius 1 is 1.16 bits per heavy atom. The fraction of sp³-hybridized carbons (Fsp3) is 0.0588. The van der Waals surface area contributed by atoms with Crippen molar-refractivity contribution in [2.45, 2.75) is 6.92 Å². The van der Waals surface area contributed by atoms with Gasteiger partial charge in [0.15, 0.2) is 0 Å². The van der Waals surface area contributed by atoms with Crippen molar-refractivity contribution in [1.29, 1.82) is 0 Å². The van der Waals surface area contributed by atoms with E-state index >= 15 is 0 Å². The first-order valence-electron chi connectivity index (χ1n) is 7.16. The fourth-order valence-electron chi connectivity index (χ4n) is 1.99. The normalized spacial score (nSPS) is 10.5. The summed E-state index contributed by atoms with van der Waals surface area (Å²) in [4.78, 5) is 33.3. The van der Waals surface area contributed by atoms with Crippen molar-refractivity contribution >= 4 is 46.6 Å². The Morgan fingerprint density at radius 3 is 2.60 bits per heavy atom. The van der Waals surface area contributed by atoms with Crippen molar-refractivity contribution in [2.75, 3.05) is 10.6 Å². The summed E-state index contributed by atoms with van der Waals surface area (Å²) >= 11 is 5.96. The Bertz CT molecular complexity index is 865. The van der Waals surface area contributed by atoms with Crippen LogP contribution in [0.5, 0.6) is 0 Å². The molecule has 0 unspecified atom stereocenters. The van der Waals surface area contributed by atoms with Crippen LogP contribution in [-0.4, -0.2) is 16.7 Å². The molecule has 0 saturated heterocycles. The molecule has 8 heteroatoms. The number of benzene rings is 2. The number of nitrogens with zero attached hydrogens (tertiary/aromatic N) is 1. The minimum Gasteiger partial charge on any atom is -0.325 e. The van der Waals surface area contributed by atoms with E-state index in [0.717, 1.165) is 0 Å². The molecule has 2 aromatic carbocycles. The Balaban J connectivity index is 2.08. The first kappa shape index (κ1) is 18.2. The molecule has 0 aliphatic heterocycles. The number of hydrogen-bond acceptors (Lipinski definition) is 4. The highest BCUT2D eigenvalue weighted by Gasteiger charge is 2.06. The smallest absolute Gasteiger partial charge is 0.270 e. The number of nitro groups is 1. The summed E-state index contributed by atoms with van der Waals surface area (Å²) in [6, 6.07) is 10.6. The van der Waals surface area contributed by atoms with E-state index in [1.807, 2.05) is 0 Å². The minimum atomic E-state index is -0.505. The van der Waals surface area contributed by atoms with E-state index in [0.29, 0.717) is 22.0 Å². The lowest BCUT2D eigenvalue weighted by molar-refractivity contribution is -0.384. The molecular weight excluding hydrogens is 346 g/mol. The zero-order valence-electron chi connectivity index (χ0n) is 13.2.